The van der Waals surface area contributed by atoms with Gasteiger partial charge in [0.15, 0.2) is 8.32 Å². The van der Waals surface area contributed by atoms with Crippen LogP contribution >= 0.6 is 11.6 Å². The molecule has 2 N–H and O–H groups in total. The lowest BCUT2D eigenvalue weighted by Crippen LogP contribution is -2.41. The average molecular weight is 283 g/mol. The largest absolute Gasteiger partial charge is 0.417 e. The highest BCUT2D eigenvalue weighted by atomic mass is 35.5. The summed E-state index contributed by atoms with van der Waals surface area (Å²) in [7, 11) is -1.68. The number of rotatable bonds is 7. The molecule has 0 spiro atoms. The van der Waals surface area contributed by atoms with E-state index in [4.69, 9.17) is 16.0 Å². The molecule has 0 amide bonds. The maximum atomic E-state index is 9.53. The van der Waals surface area contributed by atoms with Crippen molar-refractivity contribution in [3.8, 4) is 0 Å². The summed E-state index contributed by atoms with van der Waals surface area (Å²) < 4.78 is 5.97. The number of halogens is 1. The summed E-state index contributed by atoms with van der Waals surface area (Å²) in [4.78, 5) is 0. The predicted octanol–water partition coefficient (Wildman–Crippen LogP) is 2.75. The van der Waals surface area contributed by atoms with Gasteiger partial charge in [-0.25, -0.2) is 0 Å². The van der Waals surface area contributed by atoms with Crippen molar-refractivity contribution in [1.29, 1.82) is 0 Å². The van der Waals surface area contributed by atoms with Crippen molar-refractivity contribution in [2.45, 2.75) is 64.0 Å². The summed E-state index contributed by atoms with van der Waals surface area (Å²) in [5.41, 5.74) is 0. The van der Waals surface area contributed by atoms with Gasteiger partial charge < -0.3 is 14.6 Å². The maximum Gasteiger partial charge on any atom is 0.191 e. The van der Waals surface area contributed by atoms with Crippen molar-refractivity contribution >= 4 is 19.9 Å². The van der Waals surface area contributed by atoms with Crippen LogP contribution in [0.15, 0.2) is 0 Å². The minimum atomic E-state index is -1.68. The van der Waals surface area contributed by atoms with Crippen LogP contribution in [0, 0.1) is 0 Å². The molecule has 0 aromatic carbocycles. The fourth-order valence-electron chi connectivity index (χ4n) is 1.13. The predicted molar refractivity (Wildman–Crippen MR) is 75.1 cm³/mol. The first-order valence-electron chi connectivity index (χ1n) is 6.18. The van der Waals surface area contributed by atoms with Crippen molar-refractivity contribution in [3.05, 3.63) is 0 Å². The van der Waals surface area contributed by atoms with E-state index in [1.807, 2.05) is 0 Å². The van der Waals surface area contributed by atoms with E-state index in [2.05, 4.69) is 33.9 Å². The molecule has 0 saturated carbocycles. The molecule has 0 aliphatic heterocycles. The van der Waals surface area contributed by atoms with E-state index in [1.165, 1.54) is 0 Å². The molecule has 104 valence electrons. The first kappa shape index (κ1) is 17.4. The van der Waals surface area contributed by atoms with E-state index in [9.17, 15) is 10.2 Å². The molecule has 0 unspecified atom stereocenters. The van der Waals surface area contributed by atoms with Crippen LogP contribution < -0.4 is 0 Å². The Morgan fingerprint density at radius 1 is 1.18 bits per heavy atom. The molecule has 17 heavy (non-hydrogen) atoms. The number of aliphatic hydroxyl groups is 2. The third kappa shape index (κ3) is 6.20. The van der Waals surface area contributed by atoms with Crippen molar-refractivity contribution in [2.24, 2.45) is 0 Å². The number of alkyl halides is 1. The maximum absolute atomic E-state index is 9.53. The lowest BCUT2D eigenvalue weighted by Gasteiger charge is -2.36. The SMILES string of the molecule is CC(C)(C)[Si](C)(C)OCCC[C@H](O)[C@@H](O)CCl. The molecule has 0 fully saturated rings. The van der Waals surface area contributed by atoms with Crippen LogP contribution in [0.4, 0.5) is 0 Å². The summed E-state index contributed by atoms with van der Waals surface area (Å²) >= 11 is 5.46. The molecule has 0 saturated heterocycles. The average Bonchev–Trinajstić information content (AvgIpc) is 2.21. The molecule has 0 aliphatic carbocycles. The van der Waals surface area contributed by atoms with Gasteiger partial charge in [0.2, 0.25) is 0 Å². The molecule has 0 aromatic heterocycles. The standard InChI is InChI=1S/C12H27ClO3Si/c1-12(2,3)17(4,5)16-8-6-7-10(14)11(15)9-13/h10-11,14-15H,6-9H2,1-5H3/t10-,11-/m0/s1. The van der Waals surface area contributed by atoms with E-state index < -0.39 is 20.5 Å². The zero-order valence-electron chi connectivity index (χ0n) is 11.7. The lowest BCUT2D eigenvalue weighted by atomic mass is 10.1. The molecule has 0 aromatic rings. The van der Waals surface area contributed by atoms with Gasteiger partial charge in [-0.15, -0.1) is 11.6 Å². The summed E-state index contributed by atoms with van der Waals surface area (Å²) in [5, 5.41) is 19.0. The van der Waals surface area contributed by atoms with Crippen LogP contribution in [0.1, 0.15) is 33.6 Å². The second kappa shape index (κ2) is 7.09. The van der Waals surface area contributed by atoms with E-state index in [-0.39, 0.29) is 10.9 Å². The van der Waals surface area contributed by atoms with Crippen LogP contribution in [0.3, 0.4) is 0 Å². The first-order chi connectivity index (χ1) is 7.62. The van der Waals surface area contributed by atoms with Gasteiger partial charge in [-0.2, -0.15) is 0 Å². The van der Waals surface area contributed by atoms with Gasteiger partial charge in [-0.3, -0.25) is 0 Å². The Morgan fingerprint density at radius 2 is 1.71 bits per heavy atom. The van der Waals surface area contributed by atoms with Gasteiger partial charge in [0, 0.05) is 6.61 Å². The van der Waals surface area contributed by atoms with Crippen LogP contribution in [0.5, 0.6) is 0 Å². The highest BCUT2D eigenvalue weighted by Crippen LogP contribution is 2.36. The zero-order valence-corrected chi connectivity index (χ0v) is 13.4. The van der Waals surface area contributed by atoms with Crippen LogP contribution in [-0.2, 0) is 4.43 Å². The Bertz CT molecular complexity index is 216. The van der Waals surface area contributed by atoms with Gasteiger partial charge in [-0.1, -0.05) is 20.8 Å². The second-order valence-electron chi connectivity index (χ2n) is 6.04. The Hall–Kier alpha value is 0.387. The summed E-state index contributed by atoms with van der Waals surface area (Å²) in [5.74, 6) is 0.0737. The quantitative estimate of drug-likeness (QED) is 0.429. The van der Waals surface area contributed by atoms with Gasteiger partial charge in [0.1, 0.15) is 0 Å². The van der Waals surface area contributed by atoms with E-state index in [0.717, 1.165) is 6.42 Å². The van der Waals surface area contributed by atoms with Crippen LogP contribution in [-0.4, -0.2) is 43.2 Å². The van der Waals surface area contributed by atoms with Gasteiger partial charge in [-0.05, 0) is 31.0 Å². The molecule has 0 rings (SSSR count). The highest BCUT2D eigenvalue weighted by Gasteiger charge is 2.36. The topological polar surface area (TPSA) is 49.7 Å². The molecule has 2 atom stereocenters. The van der Waals surface area contributed by atoms with Gasteiger partial charge in [0.05, 0.1) is 18.1 Å². The highest BCUT2D eigenvalue weighted by molar-refractivity contribution is 6.74. The summed E-state index contributed by atoms with van der Waals surface area (Å²) in [6, 6.07) is 0. The molecule has 0 heterocycles. The molecule has 0 bridgehead atoms. The first-order valence-corrected chi connectivity index (χ1v) is 9.62. The fourth-order valence-corrected chi connectivity index (χ4v) is 2.42. The number of aliphatic hydroxyl groups excluding tert-OH is 2. The second-order valence-corrected chi connectivity index (χ2v) is 11.2. The third-order valence-corrected chi connectivity index (χ3v) is 8.37. The monoisotopic (exact) mass is 282 g/mol. The number of hydrogen-bond donors (Lipinski definition) is 2. The summed E-state index contributed by atoms with van der Waals surface area (Å²) in [6.07, 6.45) is -0.288. The Balaban J connectivity index is 3.86. The Labute approximate surface area is 111 Å². The molecular formula is C12H27ClO3Si. The van der Waals surface area contributed by atoms with E-state index in [1.54, 1.807) is 0 Å². The van der Waals surface area contributed by atoms with Crippen LogP contribution in [0.25, 0.3) is 0 Å². The zero-order chi connectivity index (χ0) is 13.7. The van der Waals surface area contributed by atoms with E-state index >= 15 is 0 Å². The molecule has 0 radical (unpaired) electrons. The fraction of sp³-hybridized carbons (Fsp3) is 1.00. The molecular weight excluding hydrogens is 256 g/mol. The van der Waals surface area contributed by atoms with Crippen molar-refractivity contribution in [3.63, 3.8) is 0 Å². The van der Waals surface area contributed by atoms with Crippen LogP contribution in [0.2, 0.25) is 18.1 Å². The minimum Gasteiger partial charge on any atom is -0.417 e. The van der Waals surface area contributed by atoms with Gasteiger partial charge >= 0.3 is 0 Å². The molecule has 0 aliphatic rings. The Morgan fingerprint density at radius 3 is 2.12 bits per heavy atom. The number of hydrogen-bond acceptors (Lipinski definition) is 3. The summed E-state index contributed by atoms with van der Waals surface area (Å²) in [6.45, 7) is 11.7. The van der Waals surface area contributed by atoms with Crippen molar-refractivity contribution in [2.75, 3.05) is 12.5 Å². The molecule has 3 nitrogen and oxygen atoms in total. The van der Waals surface area contributed by atoms with E-state index in [0.29, 0.717) is 13.0 Å². The van der Waals surface area contributed by atoms with Gasteiger partial charge in [0.25, 0.3) is 0 Å². The third-order valence-electron chi connectivity index (χ3n) is 3.52. The normalized spacial score (nSPS) is 16.9. The van der Waals surface area contributed by atoms with Crippen molar-refractivity contribution < 1.29 is 14.6 Å². The smallest absolute Gasteiger partial charge is 0.191 e. The Kier molecular flexibility index (Phi) is 7.25. The minimum absolute atomic E-state index is 0.0737. The van der Waals surface area contributed by atoms with Crippen molar-refractivity contribution in [1.82, 2.24) is 0 Å². The lowest BCUT2D eigenvalue weighted by molar-refractivity contribution is 0.0247. The molecule has 5 heteroatoms.